The first-order valence-electron chi connectivity index (χ1n) is 8.29. The van der Waals surface area contributed by atoms with Gasteiger partial charge in [0.1, 0.15) is 0 Å². The predicted molar refractivity (Wildman–Crippen MR) is 98.6 cm³/mol. The minimum Gasteiger partial charge on any atom is -0.338 e. The van der Waals surface area contributed by atoms with Crippen molar-refractivity contribution in [3.63, 3.8) is 0 Å². The standard InChI is InChI=1S/C17H23ClN4O.ClH/c1-2-11-22(15-7-9-19-10-8-15)12-16-20-17(21-23-16)13-3-5-14(18)6-4-13;/h3-6,15,19H,2,7-12H2,1H3;1H. The summed E-state index contributed by atoms with van der Waals surface area (Å²) >= 11 is 5.92. The van der Waals surface area contributed by atoms with E-state index in [9.17, 15) is 0 Å². The number of rotatable bonds is 6. The molecular formula is C17H24Cl2N4O. The van der Waals surface area contributed by atoms with E-state index in [1.165, 1.54) is 12.8 Å². The molecule has 1 aliphatic heterocycles. The Hall–Kier alpha value is -1.14. The molecule has 0 atom stereocenters. The van der Waals surface area contributed by atoms with Gasteiger partial charge >= 0.3 is 0 Å². The van der Waals surface area contributed by atoms with Crippen LogP contribution in [0, 0.1) is 0 Å². The van der Waals surface area contributed by atoms with Gasteiger partial charge in [-0.05, 0) is 63.2 Å². The molecule has 0 bridgehead atoms. The van der Waals surface area contributed by atoms with Crippen LogP contribution in [0.25, 0.3) is 11.4 Å². The topological polar surface area (TPSA) is 54.2 Å². The quantitative estimate of drug-likeness (QED) is 0.838. The van der Waals surface area contributed by atoms with E-state index in [0.717, 1.165) is 38.2 Å². The zero-order chi connectivity index (χ0) is 16.1. The first-order chi connectivity index (χ1) is 11.3. The zero-order valence-corrected chi connectivity index (χ0v) is 15.4. The summed E-state index contributed by atoms with van der Waals surface area (Å²) in [6, 6.07) is 8.10. The van der Waals surface area contributed by atoms with E-state index in [4.69, 9.17) is 16.1 Å². The van der Waals surface area contributed by atoms with Crippen molar-refractivity contribution in [3.8, 4) is 11.4 Å². The summed E-state index contributed by atoms with van der Waals surface area (Å²) in [6.45, 7) is 6.17. The number of nitrogens with one attached hydrogen (secondary N) is 1. The van der Waals surface area contributed by atoms with Gasteiger partial charge in [0, 0.05) is 16.6 Å². The molecule has 0 aliphatic carbocycles. The summed E-state index contributed by atoms with van der Waals surface area (Å²) in [4.78, 5) is 7.02. The number of piperidine rings is 1. The maximum atomic E-state index is 5.92. The Morgan fingerprint density at radius 2 is 1.96 bits per heavy atom. The molecule has 3 rings (SSSR count). The summed E-state index contributed by atoms with van der Waals surface area (Å²) in [5, 5.41) is 8.23. The van der Waals surface area contributed by atoms with Gasteiger partial charge in [-0.25, -0.2) is 0 Å². The van der Waals surface area contributed by atoms with Gasteiger partial charge in [-0.1, -0.05) is 23.7 Å². The van der Waals surface area contributed by atoms with Crippen LogP contribution in [-0.4, -0.2) is 40.7 Å². The van der Waals surface area contributed by atoms with Crippen molar-refractivity contribution >= 4 is 24.0 Å². The number of hydrogen-bond donors (Lipinski definition) is 1. The fourth-order valence-corrected chi connectivity index (χ4v) is 3.18. The minimum absolute atomic E-state index is 0. The molecule has 24 heavy (non-hydrogen) atoms. The maximum Gasteiger partial charge on any atom is 0.241 e. The molecular weight excluding hydrogens is 347 g/mol. The van der Waals surface area contributed by atoms with E-state index < -0.39 is 0 Å². The lowest BCUT2D eigenvalue weighted by Gasteiger charge is -2.33. The van der Waals surface area contributed by atoms with E-state index >= 15 is 0 Å². The summed E-state index contributed by atoms with van der Waals surface area (Å²) in [7, 11) is 0. The third-order valence-electron chi connectivity index (χ3n) is 4.24. The highest BCUT2D eigenvalue weighted by molar-refractivity contribution is 6.30. The van der Waals surface area contributed by atoms with Gasteiger partial charge in [-0.15, -0.1) is 12.4 Å². The van der Waals surface area contributed by atoms with Gasteiger partial charge in [-0.2, -0.15) is 4.98 Å². The van der Waals surface area contributed by atoms with Crippen LogP contribution in [0.3, 0.4) is 0 Å². The fraction of sp³-hybridized carbons (Fsp3) is 0.529. The van der Waals surface area contributed by atoms with Crippen molar-refractivity contribution in [1.82, 2.24) is 20.4 Å². The molecule has 0 spiro atoms. The third-order valence-corrected chi connectivity index (χ3v) is 4.50. The second-order valence-corrected chi connectivity index (χ2v) is 6.41. The van der Waals surface area contributed by atoms with Crippen LogP contribution in [0.2, 0.25) is 5.02 Å². The van der Waals surface area contributed by atoms with Gasteiger partial charge in [0.15, 0.2) is 0 Å². The molecule has 1 aromatic heterocycles. The van der Waals surface area contributed by atoms with Crippen LogP contribution in [0.5, 0.6) is 0 Å². The van der Waals surface area contributed by atoms with Crippen LogP contribution in [0.15, 0.2) is 28.8 Å². The number of halogens is 2. The van der Waals surface area contributed by atoms with Crippen LogP contribution < -0.4 is 5.32 Å². The van der Waals surface area contributed by atoms with Crippen LogP contribution in [0.1, 0.15) is 32.1 Å². The van der Waals surface area contributed by atoms with Crippen molar-refractivity contribution in [2.24, 2.45) is 0 Å². The Morgan fingerprint density at radius 1 is 1.25 bits per heavy atom. The van der Waals surface area contributed by atoms with Gasteiger partial charge < -0.3 is 9.84 Å². The largest absolute Gasteiger partial charge is 0.338 e. The monoisotopic (exact) mass is 370 g/mol. The van der Waals surface area contributed by atoms with Gasteiger partial charge in [-0.3, -0.25) is 4.90 Å². The summed E-state index contributed by atoms with van der Waals surface area (Å²) in [5.74, 6) is 1.31. The molecule has 0 radical (unpaired) electrons. The Labute approximate surface area is 154 Å². The van der Waals surface area contributed by atoms with Crippen LogP contribution >= 0.6 is 24.0 Å². The van der Waals surface area contributed by atoms with Gasteiger partial charge in [0.2, 0.25) is 11.7 Å². The Morgan fingerprint density at radius 3 is 2.62 bits per heavy atom. The maximum absolute atomic E-state index is 5.92. The van der Waals surface area contributed by atoms with Crippen LogP contribution in [0.4, 0.5) is 0 Å². The molecule has 0 amide bonds. The average Bonchev–Trinajstić information content (AvgIpc) is 3.04. The lowest BCUT2D eigenvalue weighted by Crippen LogP contribution is -2.43. The Bertz CT molecular complexity index is 611. The molecule has 2 heterocycles. The first-order valence-corrected chi connectivity index (χ1v) is 8.67. The van der Waals surface area contributed by atoms with Crippen molar-refractivity contribution in [2.75, 3.05) is 19.6 Å². The fourth-order valence-electron chi connectivity index (χ4n) is 3.06. The third kappa shape index (κ3) is 4.93. The lowest BCUT2D eigenvalue weighted by molar-refractivity contribution is 0.137. The molecule has 1 aromatic carbocycles. The Kier molecular flexibility index (Phi) is 7.49. The van der Waals surface area contributed by atoms with Gasteiger partial charge in [0.25, 0.3) is 0 Å². The van der Waals surface area contributed by atoms with Crippen molar-refractivity contribution < 1.29 is 4.52 Å². The van der Waals surface area contributed by atoms with Crippen molar-refractivity contribution in [3.05, 3.63) is 35.2 Å². The average molecular weight is 371 g/mol. The van der Waals surface area contributed by atoms with E-state index in [-0.39, 0.29) is 12.4 Å². The second kappa shape index (κ2) is 9.37. The SMILES string of the molecule is CCCN(Cc1nc(-c2ccc(Cl)cc2)no1)C1CCNCC1.Cl. The first kappa shape index (κ1) is 19.2. The zero-order valence-electron chi connectivity index (χ0n) is 13.9. The highest BCUT2D eigenvalue weighted by atomic mass is 35.5. The predicted octanol–water partition coefficient (Wildman–Crippen LogP) is 3.78. The summed E-state index contributed by atoms with van der Waals surface area (Å²) in [6.07, 6.45) is 3.48. The molecule has 5 nitrogen and oxygen atoms in total. The Balaban J connectivity index is 0.00000208. The molecule has 0 unspecified atom stereocenters. The van der Waals surface area contributed by atoms with E-state index in [0.29, 0.717) is 22.8 Å². The molecule has 1 fully saturated rings. The number of aromatic nitrogens is 2. The number of hydrogen-bond acceptors (Lipinski definition) is 5. The van der Waals surface area contributed by atoms with Crippen molar-refractivity contribution in [2.45, 2.75) is 38.8 Å². The molecule has 1 saturated heterocycles. The summed E-state index contributed by atoms with van der Waals surface area (Å²) < 4.78 is 5.47. The number of nitrogens with zero attached hydrogens (tertiary/aromatic N) is 3. The molecule has 2 aromatic rings. The van der Waals surface area contributed by atoms with E-state index in [2.05, 4.69) is 27.3 Å². The molecule has 132 valence electrons. The minimum atomic E-state index is 0. The normalized spacial score (nSPS) is 15.5. The van der Waals surface area contributed by atoms with Crippen LogP contribution in [-0.2, 0) is 6.54 Å². The number of benzene rings is 1. The molecule has 7 heteroatoms. The van der Waals surface area contributed by atoms with E-state index in [1.807, 2.05) is 24.3 Å². The lowest BCUT2D eigenvalue weighted by atomic mass is 10.0. The van der Waals surface area contributed by atoms with E-state index in [1.54, 1.807) is 0 Å². The molecule has 1 aliphatic rings. The summed E-state index contributed by atoms with van der Waals surface area (Å²) in [5.41, 5.74) is 0.924. The second-order valence-electron chi connectivity index (χ2n) is 5.97. The molecule has 1 N–H and O–H groups in total. The van der Waals surface area contributed by atoms with Gasteiger partial charge in [0.05, 0.1) is 6.54 Å². The highest BCUT2D eigenvalue weighted by Gasteiger charge is 2.22. The van der Waals surface area contributed by atoms with Crippen molar-refractivity contribution in [1.29, 1.82) is 0 Å². The highest BCUT2D eigenvalue weighted by Crippen LogP contribution is 2.20. The smallest absolute Gasteiger partial charge is 0.241 e. The molecule has 0 saturated carbocycles.